The van der Waals surface area contributed by atoms with Gasteiger partial charge in [-0.05, 0) is 43.9 Å². The van der Waals surface area contributed by atoms with Crippen molar-refractivity contribution in [2.24, 2.45) is 0 Å². The highest BCUT2D eigenvalue weighted by Crippen LogP contribution is 2.30. The number of Topliss-reactive ketones (excluding diaryl/α,β-unsaturated/α-hetero) is 1. The lowest BCUT2D eigenvalue weighted by Gasteiger charge is -2.14. The van der Waals surface area contributed by atoms with Crippen LogP contribution in [-0.4, -0.2) is 11.9 Å². The largest absolute Gasteiger partial charge is 0.482 e. The number of rotatable bonds is 4. The Balaban J connectivity index is 1.63. The zero-order valence-corrected chi connectivity index (χ0v) is 14.0. The molecule has 1 aliphatic carbocycles. The molecule has 4 nitrogen and oxygen atoms in total. The Morgan fingerprint density at radius 2 is 1.84 bits per heavy atom. The van der Waals surface area contributed by atoms with Crippen molar-refractivity contribution in [3.8, 4) is 5.75 Å². The number of carbonyl (C=O) groups excluding carboxylic acids is 1. The second-order valence-electron chi connectivity index (χ2n) is 6.35. The number of fused-ring (bicyclic) bond motifs is 3. The first kappa shape index (κ1) is 15.6. The summed E-state index contributed by atoms with van der Waals surface area (Å²) >= 11 is 0. The van der Waals surface area contributed by atoms with E-state index < -0.39 is 6.10 Å². The molecule has 1 aromatic heterocycles. The Hall–Kier alpha value is -2.88. The number of ketones is 1. The van der Waals surface area contributed by atoms with Crippen LogP contribution in [0.3, 0.4) is 0 Å². The Morgan fingerprint density at radius 1 is 1.08 bits per heavy atom. The normalized spacial score (nSPS) is 14.3. The fraction of sp³-hybridized carbons (Fsp3) is 0.238. The van der Waals surface area contributed by atoms with Gasteiger partial charge in [0.05, 0.1) is 0 Å². The summed E-state index contributed by atoms with van der Waals surface area (Å²) in [7, 11) is 0. The molecular formula is C21H18O4. The maximum atomic E-state index is 12.4. The zero-order valence-electron chi connectivity index (χ0n) is 14.0. The van der Waals surface area contributed by atoms with Crippen LogP contribution >= 0.6 is 0 Å². The van der Waals surface area contributed by atoms with Crippen LogP contribution in [0.15, 0.2) is 57.7 Å². The fourth-order valence-corrected chi connectivity index (χ4v) is 3.43. The van der Waals surface area contributed by atoms with E-state index >= 15 is 0 Å². The Labute approximate surface area is 145 Å². The molecule has 0 fully saturated rings. The smallest absolute Gasteiger partial charge is 0.339 e. The molecule has 0 bridgehead atoms. The predicted octanol–water partition coefficient (Wildman–Crippen LogP) is 3.93. The summed E-state index contributed by atoms with van der Waals surface area (Å²) in [5, 5.41) is 0.960. The first-order valence-corrected chi connectivity index (χ1v) is 8.48. The number of ether oxygens (including phenoxy) is 1. The third-order valence-corrected chi connectivity index (χ3v) is 4.69. The molecule has 0 saturated carbocycles. The molecule has 0 radical (unpaired) electrons. The molecule has 0 amide bonds. The zero-order chi connectivity index (χ0) is 17.4. The summed E-state index contributed by atoms with van der Waals surface area (Å²) in [4.78, 5) is 24.5. The monoisotopic (exact) mass is 334 g/mol. The van der Waals surface area contributed by atoms with Gasteiger partial charge in [-0.25, -0.2) is 4.79 Å². The molecule has 1 aliphatic rings. The van der Waals surface area contributed by atoms with E-state index in [9.17, 15) is 9.59 Å². The van der Waals surface area contributed by atoms with Gasteiger partial charge in [-0.1, -0.05) is 30.3 Å². The predicted molar refractivity (Wildman–Crippen MR) is 95.4 cm³/mol. The van der Waals surface area contributed by atoms with Gasteiger partial charge in [-0.15, -0.1) is 0 Å². The summed E-state index contributed by atoms with van der Waals surface area (Å²) in [5.41, 5.74) is 2.76. The average molecular weight is 334 g/mol. The maximum absolute atomic E-state index is 12.4. The van der Waals surface area contributed by atoms with Gasteiger partial charge in [0.15, 0.2) is 6.10 Å². The van der Waals surface area contributed by atoms with Gasteiger partial charge < -0.3 is 9.15 Å². The van der Waals surface area contributed by atoms with E-state index in [1.807, 2.05) is 30.3 Å². The van der Waals surface area contributed by atoms with Crippen LogP contribution in [0.25, 0.3) is 11.0 Å². The van der Waals surface area contributed by atoms with Crippen molar-refractivity contribution in [1.29, 1.82) is 0 Å². The molecule has 126 valence electrons. The molecule has 0 N–H and O–H groups in total. The highest BCUT2D eigenvalue weighted by Gasteiger charge is 2.21. The third-order valence-electron chi connectivity index (χ3n) is 4.69. The summed E-state index contributed by atoms with van der Waals surface area (Å²) in [5.74, 6) is 0.432. The molecule has 0 spiro atoms. The van der Waals surface area contributed by atoms with Crippen LogP contribution < -0.4 is 10.4 Å². The molecule has 4 rings (SSSR count). The van der Waals surface area contributed by atoms with Crippen molar-refractivity contribution in [1.82, 2.24) is 0 Å². The summed E-state index contributed by atoms with van der Waals surface area (Å²) < 4.78 is 11.2. The topological polar surface area (TPSA) is 56.5 Å². The van der Waals surface area contributed by atoms with Gasteiger partial charge in [0.25, 0.3) is 0 Å². The molecule has 2 aromatic carbocycles. The van der Waals surface area contributed by atoms with E-state index in [0.717, 1.165) is 35.8 Å². The lowest BCUT2D eigenvalue weighted by Crippen LogP contribution is -2.23. The second kappa shape index (κ2) is 6.20. The minimum absolute atomic E-state index is 0.0869. The van der Waals surface area contributed by atoms with Crippen LogP contribution in [0.4, 0.5) is 0 Å². The molecular weight excluding hydrogens is 316 g/mol. The van der Waals surface area contributed by atoms with E-state index in [4.69, 9.17) is 9.15 Å². The minimum Gasteiger partial charge on any atom is -0.482 e. The van der Waals surface area contributed by atoms with Crippen LogP contribution in [0.2, 0.25) is 0 Å². The van der Waals surface area contributed by atoms with Gasteiger partial charge in [0.1, 0.15) is 11.3 Å². The minimum atomic E-state index is -0.624. The summed E-state index contributed by atoms with van der Waals surface area (Å²) in [6, 6.07) is 14.5. The van der Waals surface area contributed by atoms with Gasteiger partial charge in [0.2, 0.25) is 5.78 Å². The number of hydrogen-bond acceptors (Lipinski definition) is 4. The third kappa shape index (κ3) is 2.84. The number of hydrogen-bond donors (Lipinski definition) is 0. The van der Waals surface area contributed by atoms with Gasteiger partial charge in [0, 0.05) is 22.6 Å². The molecule has 0 aliphatic heterocycles. The molecule has 3 aromatic rings. The van der Waals surface area contributed by atoms with E-state index in [-0.39, 0.29) is 11.4 Å². The Bertz CT molecular complexity index is 1000. The van der Waals surface area contributed by atoms with Crippen molar-refractivity contribution in [3.63, 3.8) is 0 Å². The van der Waals surface area contributed by atoms with Crippen molar-refractivity contribution in [2.75, 3.05) is 0 Å². The number of benzene rings is 2. The van der Waals surface area contributed by atoms with E-state index in [2.05, 4.69) is 0 Å². The molecule has 0 unspecified atom stereocenters. The van der Waals surface area contributed by atoms with Gasteiger partial charge in [-0.3, -0.25) is 4.79 Å². The van der Waals surface area contributed by atoms with Gasteiger partial charge >= 0.3 is 5.63 Å². The van der Waals surface area contributed by atoms with E-state index in [1.54, 1.807) is 25.1 Å². The van der Waals surface area contributed by atoms with Crippen molar-refractivity contribution in [2.45, 2.75) is 32.3 Å². The van der Waals surface area contributed by atoms with Crippen LogP contribution in [0.1, 0.15) is 34.8 Å². The molecule has 1 heterocycles. The molecule has 4 heteroatoms. The molecule has 1 atom stereocenters. The van der Waals surface area contributed by atoms with Crippen molar-refractivity contribution >= 4 is 16.8 Å². The van der Waals surface area contributed by atoms with Crippen LogP contribution in [-0.2, 0) is 12.8 Å². The van der Waals surface area contributed by atoms with E-state index in [1.165, 1.54) is 0 Å². The number of aryl methyl sites for hydroxylation is 1. The van der Waals surface area contributed by atoms with Crippen molar-refractivity contribution in [3.05, 3.63) is 75.6 Å². The molecule has 0 saturated heterocycles. The van der Waals surface area contributed by atoms with E-state index in [0.29, 0.717) is 16.9 Å². The summed E-state index contributed by atoms with van der Waals surface area (Å²) in [6.45, 7) is 1.72. The second-order valence-corrected chi connectivity index (χ2v) is 6.35. The number of carbonyl (C=O) groups is 1. The first-order chi connectivity index (χ1) is 12.1. The highest BCUT2D eigenvalue weighted by molar-refractivity contribution is 5.99. The lowest BCUT2D eigenvalue weighted by atomic mass is 10.1. The first-order valence-electron chi connectivity index (χ1n) is 8.48. The van der Waals surface area contributed by atoms with Crippen LogP contribution in [0.5, 0.6) is 5.75 Å². The summed E-state index contributed by atoms with van der Waals surface area (Å²) in [6.07, 6.45) is 2.05. The SMILES string of the molecule is C[C@H](Oc1ccc2c3c(c(=O)oc2c1)CCC3)C(=O)c1ccccc1. The Kier molecular flexibility index (Phi) is 3.88. The standard InChI is InChI=1S/C21H18O4/c1-13(20(22)14-6-3-2-4-7-14)24-15-10-11-17-16-8-5-9-18(16)21(23)25-19(17)12-15/h2-4,6-7,10-13H,5,8-9H2,1H3/t13-/m0/s1. The Morgan fingerprint density at radius 3 is 2.64 bits per heavy atom. The van der Waals surface area contributed by atoms with Crippen LogP contribution in [0, 0.1) is 0 Å². The fourth-order valence-electron chi connectivity index (χ4n) is 3.43. The molecule has 25 heavy (non-hydrogen) atoms. The highest BCUT2D eigenvalue weighted by atomic mass is 16.5. The lowest BCUT2D eigenvalue weighted by molar-refractivity contribution is 0.0818. The maximum Gasteiger partial charge on any atom is 0.339 e. The quantitative estimate of drug-likeness (QED) is 0.536. The van der Waals surface area contributed by atoms with Gasteiger partial charge in [-0.2, -0.15) is 0 Å². The average Bonchev–Trinajstić information content (AvgIpc) is 3.12. The van der Waals surface area contributed by atoms with Crippen molar-refractivity contribution < 1.29 is 13.9 Å².